The van der Waals surface area contributed by atoms with Crippen molar-refractivity contribution in [3.63, 3.8) is 0 Å². The van der Waals surface area contributed by atoms with Crippen LogP contribution in [0.25, 0.3) is 0 Å². The number of ether oxygens (including phenoxy) is 1. The molecule has 0 aliphatic carbocycles. The minimum absolute atomic E-state index is 0.0562. The monoisotopic (exact) mass is 187 g/mol. The molecule has 12 heavy (non-hydrogen) atoms. The molecule has 0 amide bonds. The first-order valence-electron chi connectivity index (χ1n) is 3.29. The molecule has 64 valence electrons. The third-order valence-electron chi connectivity index (χ3n) is 1.11. The minimum atomic E-state index is -0.565. The molecule has 0 unspecified atom stereocenters. The van der Waals surface area contributed by atoms with E-state index in [0.717, 1.165) is 6.07 Å². The molecule has 0 aliphatic heterocycles. The highest BCUT2D eigenvalue weighted by atomic mass is 35.5. The van der Waals surface area contributed by atoms with E-state index in [1.54, 1.807) is 0 Å². The molecule has 0 aromatic carbocycles. The maximum Gasteiger partial charge on any atom is 0.250 e. The first kappa shape index (κ1) is 9.00. The first-order chi connectivity index (χ1) is 5.74. The highest BCUT2D eigenvalue weighted by Gasteiger charge is 2.03. The van der Waals surface area contributed by atoms with E-state index < -0.39 is 5.82 Å². The quantitative estimate of drug-likeness (QED) is 0.679. The maximum absolute atomic E-state index is 12.9. The fraction of sp³-hybridized carbons (Fsp3) is 0.125. The van der Waals surface area contributed by atoms with Gasteiger partial charge in [0, 0.05) is 6.20 Å². The molecule has 1 rings (SSSR count). The molecule has 2 nitrogen and oxygen atoms in total. The van der Waals surface area contributed by atoms with Gasteiger partial charge in [-0.15, -0.1) is 0 Å². The fourth-order valence-corrected chi connectivity index (χ4v) is 0.791. The van der Waals surface area contributed by atoms with Crippen LogP contribution in [0, 0.1) is 5.82 Å². The van der Waals surface area contributed by atoms with Crippen molar-refractivity contribution in [2.45, 2.75) is 0 Å². The predicted molar refractivity (Wildman–Crippen MR) is 44.9 cm³/mol. The van der Waals surface area contributed by atoms with E-state index in [-0.39, 0.29) is 17.5 Å². The lowest BCUT2D eigenvalue weighted by atomic mass is 10.4. The van der Waals surface area contributed by atoms with Gasteiger partial charge in [0.05, 0.1) is 5.02 Å². The molecule has 0 saturated heterocycles. The van der Waals surface area contributed by atoms with Gasteiger partial charge in [0.15, 0.2) is 5.82 Å². The minimum Gasteiger partial charge on any atom is -0.471 e. The van der Waals surface area contributed by atoms with Crippen LogP contribution in [-0.2, 0) is 0 Å². The molecule has 0 aliphatic rings. The van der Waals surface area contributed by atoms with Crippen molar-refractivity contribution < 1.29 is 9.13 Å². The largest absolute Gasteiger partial charge is 0.471 e. The Labute approximate surface area is 74.6 Å². The Hall–Kier alpha value is -1.09. The molecule has 1 heterocycles. The van der Waals surface area contributed by atoms with Gasteiger partial charge in [0.25, 0.3) is 5.88 Å². The predicted octanol–water partition coefficient (Wildman–Crippen LogP) is 2.44. The molecule has 0 fully saturated rings. The van der Waals surface area contributed by atoms with Gasteiger partial charge in [-0.2, -0.15) is 0 Å². The summed E-state index contributed by atoms with van der Waals surface area (Å²) in [5.74, 6) is -0.622. The van der Waals surface area contributed by atoms with E-state index in [4.69, 9.17) is 16.3 Å². The lowest BCUT2D eigenvalue weighted by molar-refractivity contribution is 0.327. The zero-order chi connectivity index (χ0) is 8.97. The molecule has 0 saturated carbocycles. The number of aromatic nitrogens is 1. The van der Waals surface area contributed by atoms with Gasteiger partial charge in [-0.05, 0) is 6.07 Å². The lowest BCUT2D eigenvalue weighted by Gasteiger charge is -2.02. The number of hydrogen-bond donors (Lipinski definition) is 0. The van der Waals surface area contributed by atoms with Crippen LogP contribution < -0.4 is 4.74 Å². The first-order valence-corrected chi connectivity index (χ1v) is 3.66. The van der Waals surface area contributed by atoms with Crippen LogP contribution in [0.5, 0.6) is 5.88 Å². The third kappa shape index (κ3) is 2.20. The third-order valence-corrected chi connectivity index (χ3v) is 1.32. The Morgan fingerprint density at radius 3 is 3.08 bits per heavy atom. The molecule has 1 aromatic heterocycles. The van der Waals surface area contributed by atoms with Crippen LogP contribution >= 0.6 is 11.6 Å². The maximum atomic E-state index is 12.9. The highest BCUT2D eigenvalue weighted by molar-refractivity contribution is 6.30. The Morgan fingerprint density at radius 1 is 1.75 bits per heavy atom. The highest BCUT2D eigenvalue weighted by Crippen LogP contribution is 2.17. The average Bonchev–Trinajstić information content (AvgIpc) is 2.03. The molecule has 0 radical (unpaired) electrons. The number of halogens is 2. The van der Waals surface area contributed by atoms with E-state index in [1.165, 1.54) is 12.3 Å². The summed E-state index contributed by atoms with van der Waals surface area (Å²) in [6.07, 6.45) is 2.83. The fourth-order valence-electron chi connectivity index (χ4n) is 0.646. The molecule has 0 bridgehead atoms. The van der Waals surface area contributed by atoms with Crippen molar-refractivity contribution in [1.29, 1.82) is 0 Å². The second-order valence-electron chi connectivity index (χ2n) is 2.04. The van der Waals surface area contributed by atoms with Gasteiger partial charge in [-0.3, -0.25) is 0 Å². The number of pyridine rings is 1. The molecular weight excluding hydrogens is 181 g/mol. The van der Waals surface area contributed by atoms with Gasteiger partial charge < -0.3 is 4.74 Å². The molecule has 1 aromatic rings. The van der Waals surface area contributed by atoms with Crippen LogP contribution in [0.4, 0.5) is 4.39 Å². The van der Waals surface area contributed by atoms with Crippen molar-refractivity contribution in [3.05, 3.63) is 35.8 Å². The standard InChI is InChI=1S/C8H7ClFNO/c1-2-3-12-8-7(10)4-6(9)5-11-8/h2,4-5H,1,3H2. The summed E-state index contributed by atoms with van der Waals surface area (Å²) in [5.41, 5.74) is 0. The number of nitrogens with zero attached hydrogens (tertiary/aromatic N) is 1. The summed E-state index contributed by atoms with van der Waals surface area (Å²) in [6.45, 7) is 3.65. The Kier molecular flexibility index (Phi) is 3.05. The molecule has 0 N–H and O–H groups in total. The van der Waals surface area contributed by atoms with Crippen molar-refractivity contribution in [1.82, 2.24) is 4.98 Å². The zero-order valence-electron chi connectivity index (χ0n) is 6.26. The summed E-state index contributed by atoms with van der Waals surface area (Å²) >= 11 is 5.47. The van der Waals surface area contributed by atoms with Crippen molar-refractivity contribution >= 4 is 11.6 Å². The van der Waals surface area contributed by atoms with Crippen molar-refractivity contribution in [2.24, 2.45) is 0 Å². The Morgan fingerprint density at radius 2 is 2.50 bits per heavy atom. The molecule has 0 spiro atoms. The summed E-state index contributed by atoms with van der Waals surface area (Å²) in [6, 6.07) is 1.15. The lowest BCUT2D eigenvalue weighted by Crippen LogP contribution is -1.97. The van der Waals surface area contributed by atoms with E-state index >= 15 is 0 Å². The van der Waals surface area contributed by atoms with Gasteiger partial charge in [-0.1, -0.05) is 24.3 Å². The smallest absolute Gasteiger partial charge is 0.250 e. The second-order valence-corrected chi connectivity index (χ2v) is 2.48. The topological polar surface area (TPSA) is 22.1 Å². The van der Waals surface area contributed by atoms with Gasteiger partial charge in [0.2, 0.25) is 0 Å². The summed E-state index contributed by atoms with van der Waals surface area (Å²) in [5, 5.41) is 0.249. The van der Waals surface area contributed by atoms with Crippen LogP contribution in [0.3, 0.4) is 0 Å². The zero-order valence-corrected chi connectivity index (χ0v) is 7.01. The normalized spacial score (nSPS) is 9.50. The molecule has 0 atom stereocenters. The van der Waals surface area contributed by atoms with E-state index in [1.807, 2.05) is 0 Å². The Balaban J connectivity index is 2.78. The van der Waals surface area contributed by atoms with E-state index in [2.05, 4.69) is 11.6 Å². The second kappa shape index (κ2) is 4.07. The van der Waals surface area contributed by atoms with E-state index in [0.29, 0.717) is 0 Å². The molecular formula is C8H7ClFNO. The van der Waals surface area contributed by atoms with Gasteiger partial charge in [-0.25, -0.2) is 9.37 Å². The number of rotatable bonds is 3. The van der Waals surface area contributed by atoms with Crippen LogP contribution in [0.15, 0.2) is 24.9 Å². The summed E-state index contributed by atoms with van der Waals surface area (Å²) in [7, 11) is 0. The van der Waals surface area contributed by atoms with Crippen LogP contribution in [0.2, 0.25) is 5.02 Å². The summed E-state index contributed by atoms with van der Waals surface area (Å²) in [4.78, 5) is 3.64. The Bertz CT molecular complexity index is 290. The SMILES string of the molecule is C=CCOc1ncc(Cl)cc1F. The van der Waals surface area contributed by atoms with E-state index in [9.17, 15) is 4.39 Å². The van der Waals surface area contributed by atoms with Crippen molar-refractivity contribution in [2.75, 3.05) is 6.61 Å². The van der Waals surface area contributed by atoms with Gasteiger partial charge in [0.1, 0.15) is 6.61 Å². The van der Waals surface area contributed by atoms with Crippen LogP contribution in [0.1, 0.15) is 0 Å². The van der Waals surface area contributed by atoms with Crippen LogP contribution in [-0.4, -0.2) is 11.6 Å². The van der Waals surface area contributed by atoms with Gasteiger partial charge >= 0.3 is 0 Å². The van der Waals surface area contributed by atoms with Crippen molar-refractivity contribution in [3.8, 4) is 5.88 Å². The molecule has 4 heteroatoms. The average molecular weight is 188 g/mol. The summed E-state index contributed by atoms with van der Waals surface area (Å²) < 4.78 is 17.7. The number of hydrogen-bond acceptors (Lipinski definition) is 2.